The summed E-state index contributed by atoms with van der Waals surface area (Å²) in [5, 5.41) is 8.25. The van der Waals surface area contributed by atoms with Crippen LogP contribution in [0.2, 0.25) is 0 Å². The molecule has 1 heterocycles. The van der Waals surface area contributed by atoms with Gasteiger partial charge in [0.2, 0.25) is 0 Å². The van der Waals surface area contributed by atoms with Crippen molar-refractivity contribution >= 4 is 45.1 Å². The first kappa shape index (κ1) is 24.0. The summed E-state index contributed by atoms with van der Waals surface area (Å²) in [5.74, 6) is -3.65. The zero-order chi connectivity index (χ0) is 23.4. The molecule has 1 aliphatic carbocycles. The number of amides is 1. The third-order valence-electron chi connectivity index (χ3n) is 5.51. The van der Waals surface area contributed by atoms with Gasteiger partial charge in [-0.2, -0.15) is 0 Å². The average molecular weight is 490 g/mol. The Morgan fingerprint density at radius 3 is 2.39 bits per heavy atom. The molecular formula is C21H25Cl2NO6S. The number of nitrogens with zero attached hydrogens (tertiary/aromatic N) is 1. The van der Waals surface area contributed by atoms with Crippen LogP contribution in [0.3, 0.4) is 0 Å². The molecule has 0 saturated heterocycles. The number of fused-ring (bicyclic) bond motifs is 1. The van der Waals surface area contributed by atoms with Crippen LogP contribution in [0.25, 0.3) is 0 Å². The number of carboxylic acids is 1. The van der Waals surface area contributed by atoms with E-state index < -0.39 is 50.4 Å². The number of carbonyl (C=O) groups is 2. The summed E-state index contributed by atoms with van der Waals surface area (Å²) in [6.45, 7) is 6.65. The molecule has 170 valence electrons. The molecule has 1 aromatic carbocycles. The molecule has 0 bridgehead atoms. The highest BCUT2D eigenvalue weighted by Crippen LogP contribution is 2.51. The van der Waals surface area contributed by atoms with E-state index in [4.69, 9.17) is 27.9 Å². The number of benzene rings is 1. The van der Waals surface area contributed by atoms with Crippen LogP contribution in [0.15, 0.2) is 40.8 Å². The lowest BCUT2D eigenvalue weighted by atomic mass is 9.73. The first-order valence-electron chi connectivity index (χ1n) is 9.89. The Bertz CT molecular complexity index is 1050. The molecule has 3 unspecified atom stereocenters. The van der Waals surface area contributed by atoms with E-state index >= 15 is 0 Å². The maximum absolute atomic E-state index is 13.1. The Balaban J connectivity index is 2.11. The number of ether oxygens (including phenoxy) is 1. The molecule has 31 heavy (non-hydrogen) atoms. The van der Waals surface area contributed by atoms with Gasteiger partial charge in [-0.25, -0.2) is 12.7 Å². The van der Waals surface area contributed by atoms with E-state index in [0.717, 1.165) is 5.57 Å². The second-order valence-electron chi connectivity index (χ2n) is 8.53. The standard InChI is InChI=1S/C21H25Cl2NO6S/c1-12(2)14-9-20(22,17(19(26)27)21(23,10-14)30-13(3)4)11-24-18(25)15-7-5-6-8-16(15)31(24,28)29/h5-8,10,12-13,17H,9,11H2,1-4H3,(H,26,27). The first-order valence-corrected chi connectivity index (χ1v) is 12.1. The topological polar surface area (TPSA) is 101 Å². The van der Waals surface area contributed by atoms with Gasteiger partial charge < -0.3 is 9.84 Å². The minimum atomic E-state index is -4.18. The van der Waals surface area contributed by atoms with Crippen molar-refractivity contribution in [3.63, 3.8) is 0 Å². The SMILES string of the molecule is CC(C)OC1(Cl)C=C(C(C)C)CC(Cl)(CN2C(=O)c3ccccc3S2(=O)=O)C1C(=O)O. The normalized spacial score (nSPS) is 29.9. The van der Waals surface area contributed by atoms with Crippen molar-refractivity contribution in [3.05, 3.63) is 41.5 Å². The molecule has 0 radical (unpaired) electrons. The molecule has 3 atom stereocenters. The van der Waals surface area contributed by atoms with Crippen molar-refractivity contribution in [2.75, 3.05) is 6.54 Å². The van der Waals surface area contributed by atoms with Gasteiger partial charge in [-0.3, -0.25) is 9.59 Å². The van der Waals surface area contributed by atoms with Crippen LogP contribution in [-0.4, -0.2) is 52.3 Å². The third-order valence-corrected chi connectivity index (χ3v) is 8.19. The average Bonchev–Trinajstić information content (AvgIpc) is 2.80. The van der Waals surface area contributed by atoms with Gasteiger partial charge in [0.15, 0.2) is 5.06 Å². The highest BCUT2D eigenvalue weighted by molar-refractivity contribution is 7.90. The van der Waals surface area contributed by atoms with Crippen molar-refractivity contribution in [3.8, 4) is 0 Å². The van der Waals surface area contributed by atoms with Crippen LogP contribution in [0.5, 0.6) is 0 Å². The van der Waals surface area contributed by atoms with Crippen molar-refractivity contribution in [2.24, 2.45) is 11.8 Å². The fourth-order valence-corrected chi connectivity index (χ4v) is 7.09. The van der Waals surface area contributed by atoms with Gasteiger partial charge in [-0.1, -0.05) is 43.2 Å². The number of allylic oxidation sites excluding steroid dienone is 1. The lowest BCUT2D eigenvalue weighted by molar-refractivity contribution is -0.153. The quantitative estimate of drug-likeness (QED) is 0.480. The van der Waals surface area contributed by atoms with Crippen LogP contribution in [0.4, 0.5) is 0 Å². The molecule has 0 saturated carbocycles. The maximum Gasteiger partial charge on any atom is 0.313 e. The number of alkyl halides is 2. The number of hydrogen-bond donors (Lipinski definition) is 1. The minimum absolute atomic E-state index is 0.0284. The molecule has 1 amide bonds. The number of carboxylic acid groups (broad SMARTS) is 1. The van der Waals surface area contributed by atoms with Crippen LogP contribution in [0.1, 0.15) is 44.5 Å². The molecule has 2 aliphatic rings. The summed E-state index contributed by atoms with van der Waals surface area (Å²) in [6, 6.07) is 5.84. The van der Waals surface area contributed by atoms with E-state index in [-0.39, 0.29) is 22.8 Å². The number of rotatable bonds is 6. The van der Waals surface area contributed by atoms with Gasteiger partial charge in [0.1, 0.15) is 10.8 Å². The third kappa shape index (κ3) is 4.11. The van der Waals surface area contributed by atoms with Crippen LogP contribution in [0, 0.1) is 11.8 Å². The molecule has 1 aromatic rings. The van der Waals surface area contributed by atoms with Crippen LogP contribution in [-0.2, 0) is 19.6 Å². The van der Waals surface area contributed by atoms with Crippen molar-refractivity contribution in [1.29, 1.82) is 0 Å². The summed E-state index contributed by atoms with van der Waals surface area (Å²) in [6.07, 6.45) is 1.17. The molecule has 1 N–H and O–H groups in total. The van der Waals surface area contributed by atoms with Gasteiger partial charge in [0, 0.05) is 0 Å². The fourth-order valence-electron chi connectivity index (χ4n) is 4.18. The van der Waals surface area contributed by atoms with Gasteiger partial charge >= 0.3 is 5.97 Å². The van der Waals surface area contributed by atoms with Gasteiger partial charge in [-0.15, -0.1) is 11.6 Å². The molecule has 1 aliphatic heterocycles. The summed E-state index contributed by atoms with van der Waals surface area (Å²) in [7, 11) is -4.18. The maximum atomic E-state index is 13.1. The molecule has 3 rings (SSSR count). The minimum Gasteiger partial charge on any atom is -0.481 e. The Hall–Kier alpha value is -1.61. The van der Waals surface area contributed by atoms with E-state index in [1.54, 1.807) is 26.0 Å². The zero-order valence-corrected chi connectivity index (χ0v) is 20.0. The molecule has 0 aromatic heterocycles. The van der Waals surface area contributed by atoms with Gasteiger partial charge in [0.25, 0.3) is 15.9 Å². The second kappa shape index (κ2) is 8.06. The number of sulfonamides is 1. The lowest BCUT2D eigenvalue weighted by Gasteiger charge is -2.47. The number of carbonyl (C=O) groups excluding carboxylic acids is 1. The Morgan fingerprint density at radius 1 is 1.26 bits per heavy atom. The van der Waals surface area contributed by atoms with Crippen molar-refractivity contribution < 1.29 is 27.9 Å². The molecule has 0 spiro atoms. The van der Waals surface area contributed by atoms with Crippen molar-refractivity contribution in [2.45, 2.75) is 55.0 Å². The van der Waals surface area contributed by atoms with Crippen molar-refractivity contribution in [1.82, 2.24) is 4.31 Å². The van der Waals surface area contributed by atoms with Crippen LogP contribution >= 0.6 is 23.2 Å². The highest BCUT2D eigenvalue weighted by Gasteiger charge is 2.60. The second-order valence-corrected chi connectivity index (χ2v) is 11.7. The van der Waals surface area contributed by atoms with E-state index in [2.05, 4.69) is 0 Å². The van der Waals surface area contributed by atoms with Crippen LogP contribution < -0.4 is 0 Å². The fraction of sp³-hybridized carbons (Fsp3) is 0.524. The van der Waals surface area contributed by atoms with E-state index in [1.165, 1.54) is 18.2 Å². The van der Waals surface area contributed by atoms with Gasteiger partial charge in [0.05, 0.1) is 23.1 Å². The predicted octanol–water partition coefficient (Wildman–Crippen LogP) is 3.86. The zero-order valence-electron chi connectivity index (χ0n) is 17.6. The van der Waals surface area contributed by atoms with E-state index in [9.17, 15) is 23.1 Å². The largest absolute Gasteiger partial charge is 0.481 e. The molecule has 10 heteroatoms. The molecule has 0 fully saturated rings. The summed E-state index contributed by atoms with van der Waals surface area (Å²) >= 11 is 13.6. The smallest absolute Gasteiger partial charge is 0.313 e. The Morgan fingerprint density at radius 2 is 1.87 bits per heavy atom. The monoisotopic (exact) mass is 489 g/mol. The summed E-state index contributed by atoms with van der Waals surface area (Å²) in [5.41, 5.74) is 0.755. The summed E-state index contributed by atoms with van der Waals surface area (Å²) < 4.78 is 32.6. The number of hydrogen-bond acceptors (Lipinski definition) is 5. The predicted molar refractivity (Wildman–Crippen MR) is 117 cm³/mol. The lowest BCUT2D eigenvalue weighted by Crippen LogP contribution is -2.59. The number of halogens is 2. The Labute approximate surface area is 192 Å². The molecule has 7 nitrogen and oxygen atoms in total. The van der Waals surface area contributed by atoms with E-state index in [1.807, 2.05) is 13.8 Å². The Kier molecular flexibility index (Phi) is 6.25. The number of aliphatic carboxylic acids is 1. The van der Waals surface area contributed by atoms with Gasteiger partial charge in [-0.05, 0) is 44.4 Å². The summed E-state index contributed by atoms with van der Waals surface area (Å²) in [4.78, 5) is 23.4. The first-order chi connectivity index (χ1) is 14.2. The molecular weight excluding hydrogens is 465 g/mol. The van der Waals surface area contributed by atoms with E-state index in [0.29, 0.717) is 4.31 Å². The highest BCUT2D eigenvalue weighted by atomic mass is 35.5.